The quantitative estimate of drug-likeness (QED) is 0.633. The largest absolute Gasteiger partial charge is 0.382 e. The second kappa shape index (κ2) is 5.15. The fourth-order valence-corrected chi connectivity index (χ4v) is 1.55. The van der Waals surface area contributed by atoms with Gasteiger partial charge in [0.1, 0.15) is 20.1 Å². The van der Waals surface area contributed by atoms with E-state index in [1.807, 2.05) is 27.7 Å². The molecule has 0 spiro atoms. The van der Waals surface area contributed by atoms with Crippen LogP contribution in [0.25, 0.3) is 0 Å². The van der Waals surface area contributed by atoms with E-state index >= 15 is 0 Å². The van der Waals surface area contributed by atoms with E-state index in [1.54, 1.807) is 0 Å². The summed E-state index contributed by atoms with van der Waals surface area (Å²) >= 11 is 0. The standard InChI is InChI=1S/C10H19BO3/c1-6(2)13-8-5-12-10(11)9(8)14-7(3)4/h6-10H,5H2,1-4H3/t8?,9?,10-/m1/s1. The fraction of sp³-hybridized carbons (Fsp3) is 1.00. The summed E-state index contributed by atoms with van der Waals surface area (Å²) in [7, 11) is 5.77. The third-order valence-electron chi connectivity index (χ3n) is 2.02. The average Bonchev–Trinajstić information content (AvgIpc) is 2.34. The Morgan fingerprint density at radius 2 is 1.71 bits per heavy atom. The lowest BCUT2D eigenvalue weighted by Crippen LogP contribution is -2.38. The van der Waals surface area contributed by atoms with Gasteiger partial charge in [0.2, 0.25) is 0 Å². The topological polar surface area (TPSA) is 27.7 Å². The summed E-state index contributed by atoms with van der Waals surface area (Å²) in [6.07, 6.45) is 0.142. The first-order valence-electron chi connectivity index (χ1n) is 5.18. The molecule has 0 aromatic carbocycles. The van der Waals surface area contributed by atoms with Crippen LogP contribution in [0.15, 0.2) is 0 Å². The highest BCUT2D eigenvalue weighted by atomic mass is 16.6. The second-order valence-electron chi connectivity index (χ2n) is 4.17. The van der Waals surface area contributed by atoms with Crippen molar-refractivity contribution in [2.24, 2.45) is 0 Å². The molecule has 0 bridgehead atoms. The maximum Gasteiger partial charge on any atom is 0.112 e. The molecule has 1 aliphatic rings. The van der Waals surface area contributed by atoms with E-state index in [0.717, 1.165) is 0 Å². The Balaban J connectivity index is 2.48. The van der Waals surface area contributed by atoms with Crippen LogP contribution in [0.2, 0.25) is 0 Å². The zero-order valence-corrected chi connectivity index (χ0v) is 9.40. The summed E-state index contributed by atoms with van der Waals surface area (Å²) in [5.74, 6) is 0. The van der Waals surface area contributed by atoms with Crippen molar-refractivity contribution in [2.45, 2.75) is 58.1 Å². The molecule has 2 unspecified atom stereocenters. The van der Waals surface area contributed by atoms with Crippen LogP contribution in [0.5, 0.6) is 0 Å². The Hall–Kier alpha value is -0.0551. The summed E-state index contributed by atoms with van der Waals surface area (Å²) in [6.45, 7) is 8.48. The Kier molecular flexibility index (Phi) is 4.42. The van der Waals surface area contributed by atoms with Crippen LogP contribution in [0.1, 0.15) is 27.7 Å². The van der Waals surface area contributed by atoms with Crippen LogP contribution in [0.4, 0.5) is 0 Å². The van der Waals surface area contributed by atoms with Crippen molar-refractivity contribution in [3.8, 4) is 0 Å². The maximum absolute atomic E-state index is 5.77. The van der Waals surface area contributed by atoms with E-state index in [4.69, 9.17) is 22.1 Å². The molecule has 80 valence electrons. The van der Waals surface area contributed by atoms with Gasteiger partial charge in [-0.3, -0.25) is 0 Å². The van der Waals surface area contributed by atoms with Gasteiger partial charge < -0.3 is 14.2 Å². The normalized spacial score (nSPS) is 33.1. The smallest absolute Gasteiger partial charge is 0.112 e. The van der Waals surface area contributed by atoms with Gasteiger partial charge in [0.15, 0.2) is 0 Å². The molecule has 3 atom stereocenters. The molecule has 1 rings (SSSR count). The average molecular weight is 198 g/mol. The minimum absolute atomic E-state index is 0.0348. The van der Waals surface area contributed by atoms with Gasteiger partial charge in [-0.25, -0.2) is 0 Å². The molecule has 4 heteroatoms. The van der Waals surface area contributed by atoms with Crippen molar-refractivity contribution in [1.82, 2.24) is 0 Å². The zero-order chi connectivity index (χ0) is 10.7. The van der Waals surface area contributed by atoms with Crippen molar-refractivity contribution >= 4 is 7.85 Å². The van der Waals surface area contributed by atoms with Gasteiger partial charge in [0, 0.05) is 6.00 Å². The number of rotatable bonds is 4. The molecule has 0 amide bonds. The van der Waals surface area contributed by atoms with Crippen molar-refractivity contribution in [3.05, 3.63) is 0 Å². The molecule has 0 saturated carbocycles. The van der Waals surface area contributed by atoms with Gasteiger partial charge in [-0.1, -0.05) is 0 Å². The van der Waals surface area contributed by atoms with Crippen molar-refractivity contribution in [2.75, 3.05) is 6.61 Å². The Morgan fingerprint density at radius 3 is 2.21 bits per heavy atom. The predicted octanol–water partition coefficient (Wildman–Crippen LogP) is 1.10. The SMILES string of the molecule is [B][C@@H]1OCC(OC(C)C)C1OC(C)C. The number of ether oxygens (including phenoxy) is 3. The van der Waals surface area contributed by atoms with Crippen LogP contribution in [-0.2, 0) is 14.2 Å². The monoisotopic (exact) mass is 198 g/mol. The fourth-order valence-electron chi connectivity index (χ4n) is 1.55. The van der Waals surface area contributed by atoms with E-state index in [1.165, 1.54) is 0 Å². The lowest BCUT2D eigenvalue weighted by Gasteiger charge is -2.25. The van der Waals surface area contributed by atoms with Crippen LogP contribution in [0, 0.1) is 0 Å². The third-order valence-corrected chi connectivity index (χ3v) is 2.02. The lowest BCUT2D eigenvalue weighted by atomic mass is 9.93. The van der Waals surface area contributed by atoms with Crippen molar-refractivity contribution in [3.63, 3.8) is 0 Å². The first kappa shape index (κ1) is 12.0. The van der Waals surface area contributed by atoms with Crippen LogP contribution in [-0.4, -0.2) is 44.9 Å². The van der Waals surface area contributed by atoms with E-state index in [0.29, 0.717) is 6.61 Å². The molecular weight excluding hydrogens is 179 g/mol. The van der Waals surface area contributed by atoms with Gasteiger partial charge >= 0.3 is 0 Å². The molecule has 2 radical (unpaired) electrons. The first-order chi connectivity index (χ1) is 6.50. The first-order valence-corrected chi connectivity index (χ1v) is 5.18. The van der Waals surface area contributed by atoms with E-state index in [9.17, 15) is 0 Å². The van der Waals surface area contributed by atoms with Gasteiger partial charge in [0.05, 0.1) is 18.8 Å². The molecule has 1 aliphatic heterocycles. The van der Waals surface area contributed by atoms with Crippen molar-refractivity contribution in [1.29, 1.82) is 0 Å². The maximum atomic E-state index is 5.77. The summed E-state index contributed by atoms with van der Waals surface area (Å²) in [5.41, 5.74) is 0. The lowest BCUT2D eigenvalue weighted by molar-refractivity contribution is -0.0892. The van der Waals surface area contributed by atoms with Crippen LogP contribution in [0.3, 0.4) is 0 Å². The zero-order valence-electron chi connectivity index (χ0n) is 9.40. The Morgan fingerprint density at radius 1 is 1.14 bits per heavy atom. The predicted molar refractivity (Wildman–Crippen MR) is 55.5 cm³/mol. The Bertz CT molecular complexity index is 173. The van der Waals surface area contributed by atoms with Gasteiger partial charge in [-0.2, -0.15) is 0 Å². The number of hydrogen-bond donors (Lipinski definition) is 0. The molecule has 3 nitrogen and oxygen atoms in total. The summed E-state index contributed by atoms with van der Waals surface area (Å²) in [4.78, 5) is 0. The van der Waals surface area contributed by atoms with Gasteiger partial charge in [0.25, 0.3) is 0 Å². The van der Waals surface area contributed by atoms with Crippen molar-refractivity contribution < 1.29 is 14.2 Å². The highest BCUT2D eigenvalue weighted by molar-refractivity contribution is 6.11. The highest BCUT2D eigenvalue weighted by Crippen LogP contribution is 2.21. The molecule has 0 aliphatic carbocycles. The molecule has 0 N–H and O–H groups in total. The Labute approximate surface area is 87.5 Å². The highest BCUT2D eigenvalue weighted by Gasteiger charge is 2.36. The summed E-state index contributed by atoms with van der Waals surface area (Å²) in [5, 5.41) is 0. The van der Waals surface area contributed by atoms with Gasteiger partial charge in [-0.05, 0) is 27.7 Å². The van der Waals surface area contributed by atoms with Gasteiger partial charge in [-0.15, -0.1) is 0 Å². The molecular formula is C10H19BO3. The van der Waals surface area contributed by atoms with E-state index in [2.05, 4.69) is 0 Å². The molecule has 1 saturated heterocycles. The molecule has 14 heavy (non-hydrogen) atoms. The molecule has 1 heterocycles. The van der Waals surface area contributed by atoms with Crippen LogP contribution < -0.4 is 0 Å². The van der Waals surface area contributed by atoms with E-state index < -0.39 is 0 Å². The second-order valence-corrected chi connectivity index (χ2v) is 4.17. The number of hydrogen-bond acceptors (Lipinski definition) is 3. The molecule has 1 fully saturated rings. The third kappa shape index (κ3) is 3.26. The molecule has 0 aromatic heterocycles. The molecule has 0 aromatic rings. The minimum Gasteiger partial charge on any atom is -0.382 e. The summed E-state index contributed by atoms with van der Waals surface area (Å²) in [6, 6.07) is -0.360. The van der Waals surface area contributed by atoms with Crippen LogP contribution >= 0.6 is 0 Å². The minimum atomic E-state index is -0.360. The van der Waals surface area contributed by atoms with E-state index in [-0.39, 0.29) is 30.4 Å². The summed E-state index contributed by atoms with van der Waals surface area (Å²) < 4.78 is 16.6.